The lowest BCUT2D eigenvalue weighted by molar-refractivity contribution is -0.132. The average molecular weight is 369 g/mol. The van der Waals surface area contributed by atoms with Crippen molar-refractivity contribution in [3.63, 3.8) is 0 Å². The minimum Gasteiger partial charge on any atom is -0.354 e. The standard InChI is InChI=1S/C19H27N7O/c27-19(25-7-3-1-2-4-8-25)15-23-10-12-24(13-11-23)17-14-18(21-16-20-17)26-9-5-6-22-26/h5-6,9,14,16H,1-4,7-8,10-13,15H2. The van der Waals surface area contributed by atoms with E-state index in [1.807, 2.05) is 18.3 Å². The molecule has 2 aromatic rings. The first-order chi connectivity index (χ1) is 13.3. The summed E-state index contributed by atoms with van der Waals surface area (Å²) >= 11 is 0. The lowest BCUT2D eigenvalue weighted by Gasteiger charge is -2.36. The van der Waals surface area contributed by atoms with Crippen molar-refractivity contribution in [2.75, 3.05) is 50.7 Å². The third-order valence-corrected chi connectivity index (χ3v) is 5.39. The van der Waals surface area contributed by atoms with Gasteiger partial charge in [0.25, 0.3) is 0 Å². The lowest BCUT2D eigenvalue weighted by atomic mass is 10.2. The highest BCUT2D eigenvalue weighted by atomic mass is 16.2. The number of anilines is 1. The lowest BCUT2D eigenvalue weighted by Crippen LogP contribution is -2.50. The highest BCUT2D eigenvalue weighted by Crippen LogP contribution is 2.16. The first-order valence-corrected chi connectivity index (χ1v) is 9.87. The maximum Gasteiger partial charge on any atom is 0.236 e. The third-order valence-electron chi connectivity index (χ3n) is 5.39. The van der Waals surface area contributed by atoms with Crippen LogP contribution in [0.15, 0.2) is 30.9 Å². The molecule has 4 rings (SSSR count). The molecule has 27 heavy (non-hydrogen) atoms. The largest absolute Gasteiger partial charge is 0.354 e. The molecule has 144 valence electrons. The van der Waals surface area contributed by atoms with Gasteiger partial charge in [0.05, 0.1) is 6.54 Å². The summed E-state index contributed by atoms with van der Waals surface area (Å²) in [4.78, 5) is 27.9. The zero-order valence-corrected chi connectivity index (χ0v) is 15.7. The van der Waals surface area contributed by atoms with Crippen molar-refractivity contribution in [1.29, 1.82) is 0 Å². The summed E-state index contributed by atoms with van der Waals surface area (Å²) in [6.45, 7) is 5.87. The van der Waals surface area contributed by atoms with E-state index < -0.39 is 0 Å². The van der Waals surface area contributed by atoms with Crippen molar-refractivity contribution in [1.82, 2.24) is 29.5 Å². The van der Waals surface area contributed by atoms with Gasteiger partial charge in [-0.05, 0) is 18.9 Å². The Morgan fingerprint density at radius 1 is 0.926 bits per heavy atom. The first kappa shape index (κ1) is 17.9. The van der Waals surface area contributed by atoms with Crippen molar-refractivity contribution >= 4 is 11.7 Å². The Balaban J connectivity index is 1.31. The molecule has 0 aliphatic carbocycles. The fraction of sp³-hybridized carbons (Fsp3) is 0.579. The Morgan fingerprint density at radius 3 is 2.37 bits per heavy atom. The van der Waals surface area contributed by atoms with Gasteiger partial charge in [-0.15, -0.1) is 0 Å². The molecular formula is C19H27N7O. The Kier molecular flexibility index (Phi) is 5.62. The number of hydrogen-bond acceptors (Lipinski definition) is 6. The molecule has 0 unspecified atom stereocenters. The van der Waals surface area contributed by atoms with Crippen LogP contribution in [0.4, 0.5) is 5.82 Å². The summed E-state index contributed by atoms with van der Waals surface area (Å²) in [5.41, 5.74) is 0. The van der Waals surface area contributed by atoms with Crippen LogP contribution in [0.1, 0.15) is 25.7 Å². The van der Waals surface area contributed by atoms with Gasteiger partial charge in [0.15, 0.2) is 5.82 Å². The Labute approximate surface area is 159 Å². The highest BCUT2D eigenvalue weighted by Gasteiger charge is 2.23. The molecule has 0 radical (unpaired) electrons. The second kappa shape index (κ2) is 8.47. The summed E-state index contributed by atoms with van der Waals surface area (Å²) in [6, 6.07) is 3.84. The second-order valence-corrected chi connectivity index (χ2v) is 7.24. The molecule has 2 saturated heterocycles. The fourth-order valence-corrected chi connectivity index (χ4v) is 3.79. The predicted octanol–water partition coefficient (Wildman–Crippen LogP) is 1.19. The van der Waals surface area contributed by atoms with Crippen LogP contribution < -0.4 is 4.90 Å². The fourth-order valence-electron chi connectivity index (χ4n) is 3.79. The molecular weight excluding hydrogens is 342 g/mol. The van der Waals surface area contributed by atoms with Gasteiger partial charge >= 0.3 is 0 Å². The predicted molar refractivity (Wildman–Crippen MR) is 103 cm³/mol. The third kappa shape index (κ3) is 4.44. The van der Waals surface area contributed by atoms with Crippen molar-refractivity contribution in [3.8, 4) is 5.82 Å². The molecule has 0 atom stereocenters. The van der Waals surface area contributed by atoms with Crippen molar-refractivity contribution in [3.05, 3.63) is 30.9 Å². The number of rotatable bonds is 4. The zero-order chi connectivity index (χ0) is 18.5. The van der Waals surface area contributed by atoms with E-state index in [1.54, 1.807) is 17.2 Å². The van der Waals surface area contributed by atoms with E-state index in [1.165, 1.54) is 12.8 Å². The molecule has 8 heteroatoms. The van der Waals surface area contributed by atoms with Gasteiger partial charge in [0, 0.05) is 57.7 Å². The van der Waals surface area contributed by atoms with E-state index in [-0.39, 0.29) is 5.91 Å². The van der Waals surface area contributed by atoms with Crippen LogP contribution in [0, 0.1) is 0 Å². The van der Waals surface area contributed by atoms with E-state index >= 15 is 0 Å². The Morgan fingerprint density at radius 2 is 1.67 bits per heavy atom. The summed E-state index contributed by atoms with van der Waals surface area (Å²) in [6.07, 6.45) is 9.99. The number of carbonyl (C=O) groups excluding carboxylic acids is 1. The number of hydrogen-bond donors (Lipinski definition) is 0. The number of piperazine rings is 1. The number of nitrogens with zero attached hydrogens (tertiary/aromatic N) is 7. The molecule has 2 aromatic heterocycles. The van der Waals surface area contributed by atoms with E-state index in [0.717, 1.165) is 63.7 Å². The molecule has 0 spiro atoms. The Bertz CT molecular complexity index is 732. The van der Waals surface area contributed by atoms with Crippen molar-refractivity contribution in [2.45, 2.75) is 25.7 Å². The highest BCUT2D eigenvalue weighted by molar-refractivity contribution is 5.78. The molecule has 4 heterocycles. The average Bonchev–Trinajstić information content (AvgIpc) is 3.11. The van der Waals surface area contributed by atoms with Gasteiger partial charge in [-0.2, -0.15) is 5.10 Å². The molecule has 2 fully saturated rings. The molecule has 1 amide bonds. The van der Waals surface area contributed by atoms with Gasteiger partial charge in [0.1, 0.15) is 12.1 Å². The topological polar surface area (TPSA) is 70.4 Å². The maximum atomic E-state index is 12.6. The number of aromatic nitrogens is 4. The van der Waals surface area contributed by atoms with E-state index in [0.29, 0.717) is 6.54 Å². The van der Waals surface area contributed by atoms with E-state index in [2.05, 4.69) is 29.8 Å². The number of likely N-dealkylation sites (tertiary alicyclic amines) is 1. The normalized spacial score (nSPS) is 19.1. The quantitative estimate of drug-likeness (QED) is 0.806. The van der Waals surface area contributed by atoms with Gasteiger partial charge < -0.3 is 9.80 Å². The van der Waals surface area contributed by atoms with Crippen LogP contribution in [-0.2, 0) is 4.79 Å². The summed E-state index contributed by atoms with van der Waals surface area (Å²) in [5, 5.41) is 4.23. The van der Waals surface area contributed by atoms with Gasteiger partial charge in [-0.3, -0.25) is 9.69 Å². The summed E-state index contributed by atoms with van der Waals surface area (Å²) in [7, 11) is 0. The molecule has 0 N–H and O–H groups in total. The van der Waals surface area contributed by atoms with Gasteiger partial charge in [-0.1, -0.05) is 12.8 Å². The molecule has 0 bridgehead atoms. The SMILES string of the molecule is O=C(CN1CCN(c2cc(-n3cccn3)ncn2)CC1)N1CCCCCC1. The smallest absolute Gasteiger partial charge is 0.236 e. The van der Waals surface area contributed by atoms with Gasteiger partial charge in [-0.25, -0.2) is 14.6 Å². The minimum absolute atomic E-state index is 0.286. The second-order valence-electron chi connectivity index (χ2n) is 7.24. The van der Waals surface area contributed by atoms with E-state index in [4.69, 9.17) is 0 Å². The Hall–Kier alpha value is -2.48. The van der Waals surface area contributed by atoms with Crippen LogP contribution in [-0.4, -0.2) is 81.3 Å². The first-order valence-electron chi connectivity index (χ1n) is 9.87. The van der Waals surface area contributed by atoms with Crippen molar-refractivity contribution in [2.24, 2.45) is 0 Å². The molecule has 0 aromatic carbocycles. The maximum absolute atomic E-state index is 12.6. The minimum atomic E-state index is 0.286. The monoisotopic (exact) mass is 369 g/mol. The number of amides is 1. The molecule has 2 aliphatic heterocycles. The van der Waals surface area contributed by atoms with Gasteiger partial charge in [0.2, 0.25) is 5.91 Å². The van der Waals surface area contributed by atoms with Crippen LogP contribution in [0.2, 0.25) is 0 Å². The van der Waals surface area contributed by atoms with Crippen LogP contribution in [0.5, 0.6) is 0 Å². The van der Waals surface area contributed by atoms with Crippen LogP contribution in [0.3, 0.4) is 0 Å². The molecule has 0 saturated carbocycles. The number of carbonyl (C=O) groups is 1. The van der Waals surface area contributed by atoms with Crippen LogP contribution >= 0.6 is 0 Å². The zero-order valence-electron chi connectivity index (χ0n) is 15.7. The summed E-state index contributed by atoms with van der Waals surface area (Å²) < 4.78 is 1.74. The van der Waals surface area contributed by atoms with Crippen LogP contribution in [0.25, 0.3) is 5.82 Å². The molecule has 2 aliphatic rings. The summed E-state index contributed by atoms with van der Waals surface area (Å²) in [5.74, 6) is 1.96. The van der Waals surface area contributed by atoms with Crippen molar-refractivity contribution < 1.29 is 4.79 Å². The van der Waals surface area contributed by atoms with E-state index in [9.17, 15) is 4.79 Å². The molecule has 8 nitrogen and oxygen atoms in total.